The minimum absolute atomic E-state index is 0.0446. The summed E-state index contributed by atoms with van der Waals surface area (Å²) in [4.78, 5) is 23.7. The van der Waals surface area contributed by atoms with Gasteiger partial charge in [0.15, 0.2) is 18.1 Å². The van der Waals surface area contributed by atoms with Crippen LogP contribution in [0.3, 0.4) is 0 Å². The highest BCUT2D eigenvalue weighted by Crippen LogP contribution is 2.24. The lowest BCUT2D eigenvalue weighted by molar-refractivity contribution is -0.143. The Labute approximate surface area is 111 Å². The third-order valence-corrected chi connectivity index (χ3v) is 2.61. The Hall–Kier alpha value is -2.24. The van der Waals surface area contributed by atoms with Crippen LogP contribution in [0.1, 0.15) is 6.92 Å². The minimum atomic E-state index is -0.957. The van der Waals surface area contributed by atoms with E-state index in [1.807, 2.05) is 0 Å². The summed E-state index contributed by atoms with van der Waals surface area (Å²) in [5, 5.41) is 18.2. The average molecular weight is 267 g/mol. The van der Waals surface area contributed by atoms with Crippen molar-refractivity contribution in [3.8, 4) is 11.5 Å². The van der Waals surface area contributed by atoms with Crippen molar-refractivity contribution >= 4 is 11.9 Å². The van der Waals surface area contributed by atoms with Gasteiger partial charge in [0.25, 0.3) is 5.91 Å². The zero-order valence-corrected chi connectivity index (χ0v) is 10.9. The summed E-state index contributed by atoms with van der Waals surface area (Å²) in [5.41, 5.74) is 0. The number of nitrogens with zero attached hydrogens (tertiary/aromatic N) is 1. The summed E-state index contributed by atoms with van der Waals surface area (Å²) in [6, 6.07) is 6.32. The number of carbonyl (C=O) groups excluding carboxylic acids is 1. The molecule has 0 aliphatic heterocycles. The van der Waals surface area contributed by atoms with Gasteiger partial charge in [0, 0.05) is 13.6 Å². The van der Waals surface area contributed by atoms with Crippen LogP contribution >= 0.6 is 0 Å². The second-order valence-corrected chi connectivity index (χ2v) is 4.27. The SMILES string of the molecule is CC(CN(C)C(=O)COc1ccccc1O)C(=O)O. The Balaban J connectivity index is 2.47. The second kappa shape index (κ2) is 6.63. The van der Waals surface area contributed by atoms with Gasteiger partial charge in [0.1, 0.15) is 0 Å². The maximum absolute atomic E-state index is 11.7. The topological polar surface area (TPSA) is 87.1 Å². The van der Waals surface area contributed by atoms with E-state index in [4.69, 9.17) is 9.84 Å². The number of carboxylic acid groups (broad SMARTS) is 1. The Morgan fingerprint density at radius 1 is 1.37 bits per heavy atom. The number of phenolic OH excluding ortho intramolecular Hbond substituents is 1. The van der Waals surface area contributed by atoms with Gasteiger partial charge in [0.05, 0.1) is 5.92 Å². The zero-order chi connectivity index (χ0) is 14.4. The average Bonchev–Trinajstić information content (AvgIpc) is 2.37. The number of benzene rings is 1. The molecule has 0 aliphatic carbocycles. The van der Waals surface area contributed by atoms with Crippen molar-refractivity contribution in [3.05, 3.63) is 24.3 Å². The first-order chi connectivity index (χ1) is 8.91. The quantitative estimate of drug-likeness (QED) is 0.801. The minimum Gasteiger partial charge on any atom is -0.504 e. The lowest BCUT2D eigenvalue weighted by Gasteiger charge is -2.19. The number of hydrogen-bond acceptors (Lipinski definition) is 4. The lowest BCUT2D eigenvalue weighted by Crippen LogP contribution is -2.36. The molecule has 6 nitrogen and oxygen atoms in total. The van der Waals surface area contributed by atoms with Crippen LogP contribution in [0.4, 0.5) is 0 Å². The van der Waals surface area contributed by atoms with Gasteiger partial charge in [-0.2, -0.15) is 0 Å². The van der Waals surface area contributed by atoms with Crippen LogP contribution in [-0.4, -0.2) is 47.2 Å². The van der Waals surface area contributed by atoms with E-state index in [0.717, 1.165) is 0 Å². The molecule has 1 unspecified atom stereocenters. The second-order valence-electron chi connectivity index (χ2n) is 4.27. The highest BCUT2D eigenvalue weighted by atomic mass is 16.5. The number of hydrogen-bond donors (Lipinski definition) is 2. The smallest absolute Gasteiger partial charge is 0.308 e. The molecule has 0 bridgehead atoms. The number of phenols is 1. The molecule has 1 aromatic carbocycles. The Bertz CT molecular complexity index is 460. The summed E-state index contributed by atoms with van der Waals surface area (Å²) >= 11 is 0. The van der Waals surface area contributed by atoms with Crippen LogP contribution in [0.5, 0.6) is 11.5 Å². The maximum Gasteiger partial charge on any atom is 0.308 e. The molecule has 1 aromatic rings. The number of ether oxygens (including phenoxy) is 1. The predicted octanol–water partition coefficient (Wildman–Crippen LogP) is 0.950. The van der Waals surface area contributed by atoms with E-state index >= 15 is 0 Å². The molecule has 0 aliphatic rings. The largest absolute Gasteiger partial charge is 0.504 e. The van der Waals surface area contributed by atoms with Crippen LogP contribution in [-0.2, 0) is 9.59 Å². The van der Waals surface area contributed by atoms with E-state index < -0.39 is 11.9 Å². The molecule has 1 atom stereocenters. The molecule has 0 heterocycles. The molecular weight excluding hydrogens is 250 g/mol. The number of likely N-dealkylation sites (N-methyl/N-ethyl adjacent to an activating group) is 1. The molecule has 104 valence electrons. The first-order valence-electron chi connectivity index (χ1n) is 5.79. The number of carboxylic acids is 1. The summed E-state index contributed by atoms with van der Waals surface area (Å²) in [7, 11) is 1.51. The number of amides is 1. The summed E-state index contributed by atoms with van der Waals surface area (Å²) in [5.74, 6) is -1.77. The Morgan fingerprint density at radius 3 is 2.58 bits per heavy atom. The third kappa shape index (κ3) is 4.50. The number of rotatable bonds is 6. The van der Waals surface area contributed by atoms with Crippen LogP contribution in [0.25, 0.3) is 0 Å². The van der Waals surface area contributed by atoms with E-state index in [2.05, 4.69) is 0 Å². The molecule has 6 heteroatoms. The lowest BCUT2D eigenvalue weighted by atomic mass is 10.2. The standard InChI is InChI=1S/C13H17NO5/c1-9(13(17)18)7-14(2)12(16)8-19-11-6-4-3-5-10(11)15/h3-6,9,15H,7-8H2,1-2H3,(H,17,18). The first kappa shape index (κ1) is 14.8. The molecule has 2 N–H and O–H groups in total. The molecule has 0 fully saturated rings. The van der Waals surface area contributed by atoms with Gasteiger partial charge in [-0.3, -0.25) is 9.59 Å². The molecule has 0 aromatic heterocycles. The first-order valence-corrected chi connectivity index (χ1v) is 5.79. The van der Waals surface area contributed by atoms with Crippen molar-refractivity contribution in [2.75, 3.05) is 20.2 Å². The van der Waals surface area contributed by atoms with Gasteiger partial charge in [-0.05, 0) is 12.1 Å². The van der Waals surface area contributed by atoms with E-state index in [9.17, 15) is 14.7 Å². The van der Waals surface area contributed by atoms with Gasteiger partial charge in [-0.25, -0.2) is 0 Å². The third-order valence-electron chi connectivity index (χ3n) is 2.61. The summed E-state index contributed by atoms with van der Waals surface area (Å²) < 4.78 is 5.17. The number of carbonyl (C=O) groups is 2. The zero-order valence-electron chi connectivity index (χ0n) is 10.9. The summed E-state index contributed by atoms with van der Waals surface area (Å²) in [6.07, 6.45) is 0. The van der Waals surface area contributed by atoms with E-state index in [-0.39, 0.29) is 30.6 Å². The highest BCUT2D eigenvalue weighted by Gasteiger charge is 2.17. The van der Waals surface area contributed by atoms with E-state index in [0.29, 0.717) is 0 Å². The normalized spacial score (nSPS) is 11.7. The van der Waals surface area contributed by atoms with Crippen LogP contribution in [0.15, 0.2) is 24.3 Å². The number of aromatic hydroxyl groups is 1. The van der Waals surface area contributed by atoms with Crippen molar-refractivity contribution in [1.82, 2.24) is 4.90 Å². The number of para-hydroxylation sites is 2. The Morgan fingerprint density at radius 2 is 2.00 bits per heavy atom. The van der Waals surface area contributed by atoms with Crippen molar-refractivity contribution in [1.29, 1.82) is 0 Å². The van der Waals surface area contributed by atoms with Crippen molar-refractivity contribution < 1.29 is 24.5 Å². The predicted molar refractivity (Wildman–Crippen MR) is 68.0 cm³/mol. The molecule has 0 radical (unpaired) electrons. The van der Waals surface area contributed by atoms with Crippen LogP contribution in [0, 0.1) is 5.92 Å². The summed E-state index contributed by atoms with van der Waals surface area (Å²) in [6.45, 7) is 1.38. The molecule has 0 spiro atoms. The van der Waals surface area contributed by atoms with Crippen molar-refractivity contribution in [3.63, 3.8) is 0 Å². The van der Waals surface area contributed by atoms with Gasteiger partial charge in [-0.1, -0.05) is 19.1 Å². The van der Waals surface area contributed by atoms with Crippen molar-refractivity contribution in [2.45, 2.75) is 6.92 Å². The van der Waals surface area contributed by atoms with Gasteiger partial charge in [-0.15, -0.1) is 0 Å². The molecule has 0 saturated carbocycles. The van der Waals surface area contributed by atoms with Gasteiger partial charge < -0.3 is 19.8 Å². The molecule has 1 amide bonds. The molecule has 0 saturated heterocycles. The van der Waals surface area contributed by atoms with E-state index in [1.165, 1.54) is 24.9 Å². The number of aliphatic carboxylic acids is 1. The van der Waals surface area contributed by atoms with Crippen molar-refractivity contribution in [2.24, 2.45) is 5.92 Å². The maximum atomic E-state index is 11.7. The fourth-order valence-corrected chi connectivity index (χ4v) is 1.42. The van der Waals surface area contributed by atoms with Gasteiger partial charge in [0.2, 0.25) is 0 Å². The highest BCUT2D eigenvalue weighted by molar-refractivity contribution is 5.78. The van der Waals surface area contributed by atoms with Gasteiger partial charge >= 0.3 is 5.97 Å². The monoisotopic (exact) mass is 267 g/mol. The molecule has 19 heavy (non-hydrogen) atoms. The van der Waals surface area contributed by atoms with Crippen LogP contribution < -0.4 is 4.74 Å². The van der Waals surface area contributed by atoms with E-state index in [1.54, 1.807) is 18.2 Å². The molecular formula is C13H17NO5. The Kier molecular flexibility index (Phi) is 5.17. The fourth-order valence-electron chi connectivity index (χ4n) is 1.42. The van der Waals surface area contributed by atoms with Crippen LogP contribution in [0.2, 0.25) is 0 Å². The fraction of sp³-hybridized carbons (Fsp3) is 0.385. The molecule has 1 rings (SSSR count).